The number of morpholine rings is 1. The zero-order valence-electron chi connectivity index (χ0n) is 11.8. The Morgan fingerprint density at radius 3 is 3.05 bits per heavy atom. The maximum atomic E-state index is 12.0. The van der Waals surface area contributed by atoms with Crippen molar-refractivity contribution in [3.05, 3.63) is 23.8 Å². The standard InChI is InChI=1S/C14H20N2O4/c1-16-5-6-19-11(8-16)9-20-14(17)10-3-4-12(15)13(7-10)18-2/h3-4,7,11H,5-6,8-9,15H2,1-2H3. The molecule has 1 aliphatic rings. The number of likely N-dealkylation sites (N-methyl/N-ethyl adjacent to an activating group) is 1. The summed E-state index contributed by atoms with van der Waals surface area (Å²) >= 11 is 0. The minimum atomic E-state index is -0.403. The summed E-state index contributed by atoms with van der Waals surface area (Å²) in [5, 5.41) is 0. The van der Waals surface area contributed by atoms with E-state index in [4.69, 9.17) is 19.9 Å². The Morgan fingerprint density at radius 1 is 1.55 bits per heavy atom. The lowest BCUT2D eigenvalue weighted by Gasteiger charge is -2.29. The summed E-state index contributed by atoms with van der Waals surface area (Å²) in [7, 11) is 3.52. The maximum Gasteiger partial charge on any atom is 0.338 e. The van der Waals surface area contributed by atoms with E-state index in [0.29, 0.717) is 23.6 Å². The van der Waals surface area contributed by atoms with Crippen molar-refractivity contribution in [1.29, 1.82) is 0 Å². The molecule has 1 heterocycles. The van der Waals surface area contributed by atoms with Gasteiger partial charge in [-0.3, -0.25) is 0 Å². The molecule has 0 bridgehead atoms. The minimum Gasteiger partial charge on any atom is -0.495 e. The lowest BCUT2D eigenvalue weighted by Crippen LogP contribution is -2.42. The molecule has 1 saturated heterocycles. The summed E-state index contributed by atoms with van der Waals surface area (Å²) in [6.45, 7) is 2.57. The van der Waals surface area contributed by atoms with Crippen molar-refractivity contribution >= 4 is 11.7 Å². The van der Waals surface area contributed by atoms with Crippen molar-refractivity contribution in [2.45, 2.75) is 6.10 Å². The average Bonchev–Trinajstić information content (AvgIpc) is 2.45. The number of carbonyl (C=O) groups excluding carboxylic acids is 1. The Hall–Kier alpha value is -1.79. The largest absolute Gasteiger partial charge is 0.495 e. The van der Waals surface area contributed by atoms with E-state index in [1.165, 1.54) is 7.11 Å². The molecule has 1 atom stereocenters. The lowest BCUT2D eigenvalue weighted by atomic mass is 10.2. The van der Waals surface area contributed by atoms with Crippen molar-refractivity contribution in [2.24, 2.45) is 0 Å². The van der Waals surface area contributed by atoms with Gasteiger partial charge in [0.15, 0.2) is 0 Å². The third kappa shape index (κ3) is 3.61. The van der Waals surface area contributed by atoms with Gasteiger partial charge in [-0.1, -0.05) is 0 Å². The van der Waals surface area contributed by atoms with Gasteiger partial charge in [0.25, 0.3) is 0 Å². The van der Waals surface area contributed by atoms with Crippen LogP contribution in [0.2, 0.25) is 0 Å². The fourth-order valence-corrected chi connectivity index (χ4v) is 2.06. The number of rotatable bonds is 4. The summed E-state index contributed by atoms with van der Waals surface area (Å²) in [4.78, 5) is 14.1. The third-order valence-electron chi connectivity index (χ3n) is 3.21. The fourth-order valence-electron chi connectivity index (χ4n) is 2.06. The van der Waals surface area contributed by atoms with E-state index in [9.17, 15) is 4.79 Å². The fraction of sp³-hybridized carbons (Fsp3) is 0.500. The van der Waals surface area contributed by atoms with Gasteiger partial charge < -0.3 is 24.8 Å². The molecule has 1 aromatic carbocycles. The molecule has 0 aliphatic carbocycles. The molecule has 1 aliphatic heterocycles. The van der Waals surface area contributed by atoms with E-state index >= 15 is 0 Å². The van der Waals surface area contributed by atoms with Crippen molar-refractivity contribution in [3.8, 4) is 5.75 Å². The Kier molecular flexibility index (Phi) is 4.81. The number of benzene rings is 1. The molecular weight excluding hydrogens is 260 g/mol. The predicted octanol–water partition coefficient (Wildman–Crippen LogP) is 0.765. The monoisotopic (exact) mass is 280 g/mol. The van der Waals surface area contributed by atoms with Gasteiger partial charge in [0, 0.05) is 13.1 Å². The third-order valence-corrected chi connectivity index (χ3v) is 3.21. The van der Waals surface area contributed by atoms with Gasteiger partial charge in [0.1, 0.15) is 18.5 Å². The number of nitrogens with zero attached hydrogens (tertiary/aromatic N) is 1. The predicted molar refractivity (Wildman–Crippen MR) is 74.9 cm³/mol. The van der Waals surface area contributed by atoms with E-state index in [-0.39, 0.29) is 12.7 Å². The van der Waals surface area contributed by atoms with E-state index in [1.54, 1.807) is 18.2 Å². The molecule has 0 amide bonds. The zero-order chi connectivity index (χ0) is 14.5. The van der Waals surface area contributed by atoms with Gasteiger partial charge in [-0.2, -0.15) is 0 Å². The highest BCUT2D eigenvalue weighted by molar-refractivity contribution is 5.90. The van der Waals surface area contributed by atoms with Crippen LogP contribution in [-0.2, 0) is 9.47 Å². The normalized spacial score (nSPS) is 19.6. The molecule has 1 aromatic rings. The molecule has 0 aromatic heterocycles. The van der Waals surface area contributed by atoms with Gasteiger partial charge in [0.05, 0.1) is 25.0 Å². The number of hydrogen-bond donors (Lipinski definition) is 1. The molecule has 110 valence electrons. The number of nitrogen functional groups attached to an aromatic ring is 1. The molecule has 6 nitrogen and oxygen atoms in total. The number of nitrogens with two attached hydrogens (primary N) is 1. The van der Waals surface area contributed by atoms with Crippen LogP contribution in [0, 0.1) is 0 Å². The van der Waals surface area contributed by atoms with Crippen molar-refractivity contribution in [3.63, 3.8) is 0 Å². The maximum absolute atomic E-state index is 12.0. The van der Waals surface area contributed by atoms with Crippen LogP contribution < -0.4 is 10.5 Å². The van der Waals surface area contributed by atoms with Crippen LogP contribution in [0.4, 0.5) is 5.69 Å². The van der Waals surface area contributed by atoms with Crippen LogP contribution in [-0.4, -0.2) is 57.4 Å². The van der Waals surface area contributed by atoms with Gasteiger partial charge in [-0.15, -0.1) is 0 Å². The summed E-state index contributed by atoms with van der Waals surface area (Å²) < 4.78 is 15.9. The van der Waals surface area contributed by atoms with Crippen LogP contribution in [0.15, 0.2) is 18.2 Å². The molecule has 2 N–H and O–H groups in total. The number of methoxy groups -OCH3 is 1. The summed E-state index contributed by atoms with van der Waals surface area (Å²) in [5.41, 5.74) is 6.61. The molecule has 6 heteroatoms. The first-order chi connectivity index (χ1) is 9.60. The van der Waals surface area contributed by atoms with Gasteiger partial charge in [-0.25, -0.2) is 4.79 Å². The number of anilines is 1. The quantitative estimate of drug-likeness (QED) is 0.648. The van der Waals surface area contributed by atoms with E-state index in [1.807, 2.05) is 7.05 Å². The Labute approximate surface area is 118 Å². The van der Waals surface area contributed by atoms with E-state index in [0.717, 1.165) is 13.1 Å². The summed E-state index contributed by atoms with van der Waals surface area (Å²) in [6.07, 6.45) is -0.0756. The highest BCUT2D eigenvalue weighted by atomic mass is 16.6. The molecular formula is C14H20N2O4. The first kappa shape index (κ1) is 14.6. The van der Waals surface area contributed by atoms with E-state index < -0.39 is 5.97 Å². The summed E-state index contributed by atoms with van der Waals surface area (Å²) in [6, 6.07) is 4.82. The zero-order valence-corrected chi connectivity index (χ0v) is 11.8. The van der Waals surface area contributed by atoms with Crippen molar-refractivity contribution in [2.75, 3.05) is 46.2 Å². The van der Waals surface area contributed by atoms with Gasteiger partial charge in [-0.05, 0) is 25.2 Å². The molecule has 20 heavy (non-hydrogen) atoms. The van der Waals surface area contributed by atoms with Crippen LogP contribution in [0.25, 0.3) is 0 Å². The van der Waals surface area contributed by atoms with Gasteiger partial charge in [0.2, 0.25) is 0 Å². The van der Waals surface area contributed by atoms with E-state index in [2.05, 4.69) is 4.90 Å². The number of carbonyl (C=O) groups is 1. The Bertz CT molecular complexity index is 478. The SMILES string of the molecule is COc1cc(C(=O)OCC2CN(C)CCO2)ccc1N. The first-order valence-electron chi connectivity index (χ1n) is 6.51. The Morgan fingerprint density at radius 2 is 2.35 bits per heavy atom. The van der Waals surface area contributed by atoms with Crippen LogP contribution in [0.1, 0.15) is 10.4 Å². The highest BCUT2D eigenvalue weighted by Crippen LogP contribution is 2.22. The van der Waals surface area contributed by atoms with Crippen LogP contribution >= 0.6 is 0 Å². The Balaban J connectivity index is 1.91. The number of esters is 1. The first-order valence-corrected chi connectivity index (χ1v) is 6.51. The summed E-state index contributed by atoms with van der Waals surface area (Å²) in [5.74, 6) is 0.0632. The second kappa shape index (κ2) is 6.58. The molecule has 0 radical (unpaired) electrons. The minimum absolute atomic E-state index is 0.0756. The smallest absolute Gasteiger partial charge is 0.338 e. The van der Waals surface area contributed by atoms with Crippen molar-refractivity contribution in [1.82, 2.24) is 4.90 Å². The average molecular weight is 280 g/mol. The van der Waals surface area contributed by atoms with Crippen molar-refractivity contribution < 1.29 is 19.0 Å². The highest BCUT2D eigenvalue weighted by Gasteiger charge is 2.20. The second-order valence-electron chi connectivity index (χ2n) is 4.81. The molecule has 0 spiro atoms. The van der Waals surface area contributed by atoms with Crippen LogP contribution in [0.3, 0.4) is 0 Å². The molecule has 1 unspecified atom stereocenters. The number of ether oxygens (including phenoxy) is 3. The topological polar surface area (TPSA) is 74.0 Å². The molecule has 2 rings (SSSR count). The second-order valence-corrected chi connectivity index (χ2v) is 4.81. The van der Waals surface area contributed by atoms with Crippen LogP contribution in [0.5, 0.6) is 5.75 Å². The molecule has 0 saturated carbocycles. The van der Waals surface area contributed by atoms with Gasteiger partial charge >= 0.3 is 5.97 Å². The molecule has 1 fully saturated rings. The lowest BCUT2D eigenvalue weighted by molar-refractivity contribution is -0.0528. The number of hydrogen-bond acceptors (Lipinski definition) is 6.